The van der Waals surface area contributed by atoms with Crippen LogP contribution in [0.2, 0.25) is 0 Å². The Morgan fingerprint density at radius 1 is 1.43 bits per heavy atom. The van der Waals surface area contributed by atoms with Crippen molar-refractivity contribution in [2.45, 2.75) is 0 Å². The number of hydrogen-bond acceptors (Lipinski definition) is 1. The maximum atomic E-state index is 4.09. The predicted octanol–water partition coefficient (Wildman–Crippen LogP) is 1.46. The molecule has 0 saturated carbocycles. The Morgan fingerprint density at radius 3 is 2.57 bits per heavy atom. The van der Waals surface area contributed by atoms with E-state index in [2.05, 4.69) is 16.0 Å². The van der Waals surface area contributed by atoms with Crippen LogP contribution in [-0.2, 0) is 10.7 Å². The fourth-order valence-corrected chi connectivity index (χ4v) is 1.03. The van der Waals surface area contributed by atoms with Gasteiger partial charge in [0.2, 0.25) is 0 Å². The van der Waals surface area contributed by atoms with Crippen molar-refractivity contribution in [3.63, 3.8) is 0 Å². The minimum atomic E-state index is 0.167. The first-order valence-corrected chi connectivity index (χ1v) is 3.74. The van der Waals surface area contributed by atoms with Crippen LogP contribution in [0.4, 0.5) is 0 Å². The SMILES string of the molecule is CS1=NC=CC=C1. The molecule has 38 valence electrons. The van der Waals surface area contributed by atoms with Crippen molar-refractivity contribution in [2.75, 3.05) is 6.26 Å². The van der Waals surface area contributed by atoms with Gasteiger partial charge >= 0.3 is 0 Å². The summed E-state index contributed by atoms with van der Waals surface area (Å²) in [6.07, 6.45) is 7.88. The van der Waals surface area contributed by atoms with Crippen molar-refractivity contribution >= 4 is 10.7 Å². The molecule has 0 N–H and O–H groups in total. The van der Waals surface area contributed by atoms with Crippen molar-refractivity contribution in [3.05, 3.63) is 23.8 Å². The van der Waals surface area contributed by atoms with Crippen LogP contribution in [0.1, 0.15) is 0 Å². The number of rotatable bonds is 0. The van der Waals surface area contributed by atoms with E-state index in [1.54, 1.807) is 0 Å². The molecule has 1 unspecified atom stereocenters. The van der Waals surface area contributed by atoms with Crippen LogP contribution in [0.3, 0.4) is 0 Å². The summed E-state index contributed by atoms with van der Waals surface area (Å²) < 4.78 is 4.09. The lowest BCUT2D eigenvalue weighted by atomic mass is 10.6. The lowest BCUT2D eigenvalue weighted by molar-refractivity contribution is 1.62. The number of allylic oxidation sites excluding steroid dienone is 2. The Hall–Kier alpha value is -0.370. The molecule has 0 amide bonds. The van der Waals surface area contributed by atoms with E-state index in [9.17, 15) is 0 Å². The van der Waals surface area contributed by atoms with Crippen molar-refractivity contribution in [1.82, 2.24) is 0 Å². The molecule has 2 heteroatoms. The highest BCUT2D eigenvalue weighted by Gasteiger charge is 1.78. The molecule has 1 aliphatic rings. The van der Waals surface area contributed by atoms with Gasteiger partial charge in [-0.25, -0.2) is 4.36 Å². The quantitative estimate of drug-likeness (QED) is 0.451. The van der Waals surface area contributed by atoms with Crippen LogP contribution in [-0.4, -0.2) is 6.26 Å². The molecule has 1 atom stereocenters. The van der Waals surface area contributed by atoms with Gasteiger partial charge in [-0.1, -0.05) is 16.8 Å². The van der Waals surface area contributed by atoms with Gasteiger partial charge in [-0.2, -0.15) is 0 Å². The molecule has 0 fully saturated rings. The lowest BCUT2D eigenvalue weighted by Crippen LogP contribution is -1.76. The topological polar surface area (TPSA) is 12.4 Å². The summed E-state index contributed by atoms with van der Waals surface area (Å²) >= 11 is 0. The molecule has 0 saturated heterocycles. The van der Waals surface area contributed by atoms with Crippen LogP contribution < -0.4 is 0 Å². The van der Waals surface area contributed by atoms with E-state index in [4.69, 9.17) is 0 Å². The Labute approximate surface area is 45.8 Å². The summed E-state index contributed by atoms with van der Waals surface area (Å²) in [6, 6.07) is 0. The monoisotopic (exact) mass is 113 g/mol. The van der Waals surface area contributed by atoms with Gasteiger partial charge in [-0.15, -0.1) is 0 Å². The first-order chi connectivity index (χ1) is 3.39. The summed E-state index contributed by atoms with van der Waals surface area (Å²) in [4.78, 5) is 0. The third kappa shape index (κ3) is 1.27. The maximum absolute atomic E-state index is 4.09. The van der Waals surface area contributed by atoms with Crippen LogP contribution in [0.25, 0.3) is 0 Å². The molecule has 1 nitrogen and oxygen atoms in total. The minimum absolute atomic E-state index is 0.167. The second kappa shape index (κ2) is 2.07. The van der Waals surface area contributed by atoms with E-state index in [-0.39, 0.29) is 10.7 Å². The summed E-state index contributed by atoms with van der Waals surface area (Å²) in [5.41, 5.74) is 0. The van der Waals surface area contributed by atoms with Crippen LogP contribution in [0.15, 0.2) is 28.1 Å². The Balaban J connectivity index is 2.82. The molecule has 0 aromatic carbocycles. The van der Waals surface area contributed by atoms with Gasteiger partial charge in [0.1, 0.15) is 0 Å². The van der Waals surface area contributed by atoms with E-state index in [0.717, 1.165) is 0 Å². The first-order valence-electron chi connectivity index (χ1n) is 2.08. The summed E-state index contributed by atoms with van der Waals surface area (Å²) in [6.45, 7) is 0. The van der Waals surface area contributed by atoms with Gasteiger partial charge < -0.3 is 0 Å². The predicted molar refractivity (Wildman–Crippen MR) is 34.0 cm³/mol. The van der Waals surface area contributed by atoms with Gasteiger partial charge in [0.05, 0.1) is 0 Å². The van der Waals surface area contributed by atoms with Crippen LogP contribution in [0, 0.1) is 0 Å². The fourth-order valence-electron chi connectivity index (χ4n) is 0.375. The summed E-state index contributed by atoms with van der Waals surface area (Å²) in [5, 5.41) is 2.08. The molecular weight excluding hydrogens is 106 g/mol. The van der Waals surface area contributed by atoms with Gasteiger partial charge in [0, 0.05) is 6.20 Å². The molecule has 1 aliphatic heterocycles. The molecule has 0 aliphatic carbocycles. The highest BCUT2D eigenvalue weighted by atomic mass is 32.2. The molecule has 7 heavy (non-hydrogen) atoms. The van der Waals surface area contributed by atoms with Gasteiger partial charge in [0.25, 0.3) is 0 Å². The highest BCUT2D eigenvalue weighted by molar-refractivity contribution is 7.89. The second-order valence-electron chi connectivity index (χ2n) is 1.30. The summed E-state index contributed by atoms with van der Waals surface area (Å²) in [7, 11) is 0.167. The largest absolute Gasteiger partial charge is 0.232 e. The average molecular weight is 113 g/mol. The normalized spacial score (nSPS) is 27.3. The van der Waals surface area contributed by atoms with Crippen molar-refractivity contribution in [2.24, 2.45) is 4.36 Å². The molecule has 0 radical (unpaired) electrons. The minimum Gasteiger partial charge on any atom is -0.232 e. The van der Waals surface area contributed by atoms with E-state index < -0.39 is 0 Å². The molecule has 0 aromatic rings. The zero-order valence-electron chi connectivity index (χ0n) is 4.16. The smallest absolute Gasteiger partial charge is 0.0345 e. The van der Waals surface area contributed by atoms with Gasteiger partial charge in [0.15, 0.2) is 0 Å². The molecule has 0 bridgehead atoms. The van der Waals surface area contributed by atoms with E-state index in [1.807, 2.05) is 18.4 Å². The van der Waals surface area contributed by atoms with Gasteiger partial charge in [-0.05, 0) is 17.7 Å². The van der Waals surface area contributed by atoms with E-state index in [0.29, 0.717) is 0 Å². The zero-order chi connectivity index (χ0) is 5.11. The van der Waals surface area contributed by atoms with Gasteiger partial charge in [-0.3, -0.25) is 0 Å². The maximum Gasteiger partial charge on any atom is 0.0345 e. The van der Waals surface area contributed by atoms with Crippen molar-refractivity contribution < 1.29 is 0 Å². The highest BCUT2D eigenvalue weighted by Crippen LogP contribution is 1.93. The third-order valence-corrected chi connectivity index (χ3v) is 1.71. The van der Waals surface area contributed by atoms with E-state index in [1.165, 1.54) is 0 Å². The second-order valence-corrected chi connectivity index (χ2v) is 2.83. The Bertz CT molecular complexity index is 144. The number of hydrogen-bond donors (Lipinski definition) is 0. The Morgan fingerprint density at radius 2 is 2.29 bits per heavy atom. The van der Waals surface area contributed by atoms with Crippen molar-refractivity contribution in [3.8, 4) is 0 Å². The van der Waals surface area contributed by atoms with Crippen LogP contribution in [0.5, 0.6) is 0 Å². The molecule has 1 rings (SSSR count). The number of nitrogens with zero attached hydrogens (tertiary/aromatic N) is 1. The third-order valence-electron chi connectivity index (χ3n) is 0.700. The molecule has 0 aromatic heterocycles. The molecule has 1 heterocycles. The summed E-state index contributed by atoms with van der Waals surface area (Å²) in [5.74, 6) is 0. The fraction of sp³-hybridized carbons (Fsp3) is 0.200. The lowest BCUT2D eigenvalue weighted by Gasteiger charge is -1.90. The zero-order valence-corrected chi connectivity index (χ0v) is 4.98. The van der Waals surface area contributed by atoms with Crippen molar-refractivity contribution in [1.29, 1.82) is 0 Å². The van der Waals surface area contributed by atoms with Crippen LogP contribution >= 0.6 is 0 Å². The Kier molecular flexibility index (Phi) is 1.42. The molecular formula is C5H7NS. The average Bonchev–Trinajstić information content (AvgIpc) is 1.69. The first kappa shape index (κ1) is 4.78. The molecule has 0 spiro atoms. The standard InChI is InChI=1S/C5H7NS/c1-7-5-3-2-4-6-7/h2-5H,1H3. The van der Waals surface area contributed by atoms with E-state index >= 15 is 0 Å².